The van der Waals surface area contributed by atoms with Crippen molar-refractivity contribution in [3.05, 3.63) is 12.3 Å². The lowest BCUT2D eigenvalue weighted by atomic mass is 10.2. The first kappa shape index (κ1) is 17.9. The van der Waals surface area contributed by atoms with Gasteiger partial charge in [0.25, 0.3) is 0 Å². The first-order chi connectivity index (χ1) is 13.1. The third-order valence-electron chi connectivity index (χ3n) is 5.34. The molecule has 3 amide bonds. The average molecular weight is 375 g/mol. The van der Waals surface area contributed by atoms with E-state index in [9.17, 15) is 9.59 Å². The Bertz CT molecular complexity index is 684. The van der Waals surface area contributed by atoms with E-state index in [1.165, 1.54) is 7.05 Å². The second-order valence-electron chi connectivity index (χ2n) is 6.96. The lowest BCUT2D eigenvalue weighted by Gasteiger charge is -2.42. The molecule has 1 N–H and O–H groups in total. The summed E-state index contributed by atoms with van der Waals surface area (Å²) in [4.78, 5) is 40.6. The Balaban J connectivity index is 1.36. The van der Waals surface area contributed by atoms with Crippen LogP contribution in [0, 0.1) is 0 Å². The van der Waals surface area contributed by atoms with Crippen molar-refractivity contribution in [2.24, 2.45) is 0 Å². The minimum Gasteiger partial charge on any atom is -0.378 e. The summed E-state index contributed by atoms with van der Waals surface area (Å²) in [6.45, 7) is 6.12. The Morgan fingerprint density at radius 2 is 1.81 bits per heavy atom. The van der Waals surface area contributed by atoms with Gasteiger partial charge in [-0.2, -0.15) is 4.98 Å². The van der Waals surface area contributed by atoms with Gasteiger partial charge in [0.1, 0.15) is 5.82 Å². The van der Waals surface area contributed by atoms with Crippen molar-refractivity contribution in [1.29, 1.82) is 0 Å². The van der Waals surface area contributed by atoms with E-state index in [1.807, 2.05) is 6.07 Å². The Morgan fingerprint density at radius 3 is 2.52 bits per heavy atom. The number of anilines is 2. The summed E-state index contributed by atoms with van der Waals surface area (Å²) in [5.41, 5.74) is 0. The molecule has 3 aliphatic heterocycles. The average Bonchev–Trinajstić information content (AvgIpc) is 2.72. The van der Waals surface area contributed by atoms with E-state index in [0.717, 1.165) is 55.9 Å². The van der Waals surface area contributed by atoms with E-state index in [4.69, 9.17) is 9.72 Å². The second kappa shape index (κ2) is 7.65. The molecule has 0 radical (unpaired) electrons. The van der Waals surface area contributed by atoms with E-state index in [2.05, 4.69) is 25.0 Å². The summed E-state index contributed by atoms with van der Waals surface area (Å²) < 4.78 is 5.39. The smallest absolute Gasteiger partial charge is 0.325 e. The number of carbonyl (C=O) groups is 2. The summed E-state index contributed by atoms with van der Waals surface area (Å²) in [5.74, 6) is 1.51. The van der Waals surface area contributed by atoms with Crippen LogP contribution in [-0.2, 0) is 9.53 Å². The van der Waals surface area contributed by atoms with Crippen molar-refractivity contribution < 1.29 is 14.3 Å². The van der Waals surface area contributed by atoms with Crippen LogP contribution in [0.5, 0.6) is 0 Å². The van der Waals surface area contributed by atoms with Crippen LogP contribution in [0.1, 0.15) is 6.42 Å². The zero-order valence-corrected chi connectivity index (χ0v) is 15.5. The van der Waals surface area contributed by atoms with E-state index in [-0.39, 0.29) is 18.1 Å². The highest BCUT2D eigenvalue weighted by atomic mass is 16.5. The second-order valence-corrected chi connectivity index (χ2v) is 6.96. The largest absolute Gasteiger partial charge is 0.378 e. The monoisotopic (exact) mass is 375 g/mol. The van der Waals surface area contributed by atoms with Crippen molar-refractivity contribution in [3.63, 3.8) is 0 Å². The topological polar surface area (TPSA) is 94.1 Å². The van der Waals surface area contributed by atoms with Crippen LogP contribution in [0.2, 0.25) is 0 Å². The molecule has 146 valence electrons. The van der Waals surface area contributed by atoms with Crippen LogP contribution in [0.4, 0.5) is 16.6 Å². The molecule has 0 aromatic carbocycles. The number of nitrogens with one attached hydrogen (secondary N) is 1. The highest BCUT2D eigenvalue weighted by Gasteiger charge is 2.34. The molecule has 3 saturated heterocycles. The zero-order chi connectivity index (χ0) is 18.8. The molecule has 0 aliphatic carbocycles. The van der Waals surface area contributed by atoms with Crippen molar-refractivity contribution in [2.45, 2.75) is 12.6 Å². The SMILES string of the molecule is CN1C(=O)CC(N2CCN(c3ccnc(N4CCOCC4)n3)CC2)NC1=O. The minimum absolute atomic E-state index is 0.142. The number of hydrogen-bond donors (Lipinski definition) is 1. The van der Waals surface area contributed by atoms with Gasteiger partial charge in [-0.25, -0.2) is 9.78 Å². The van der Waals surface area contributed by atoms with Gasteiger partial charge in [-0.05, 0) is 6.07 Å². The molecule has 1 atom stereocenters. The van der Waals surface area contributed by atoms with E-state index in [1.54, 1.807) is 6.20 Å². The molecule has 0 saturated carbocycles. The molecule has 3 fully saturated rings. The zero-order valence-electron chi connectivity index (χ0n) is 15.5. The van der Waals surface area contributed by atoms with Crippen molar-refractivity contribution in [1.82, 2.24) is 25.1 Å². The summed E-state index contributed by atoms with van der Waals surface area (Å²) in [6.07, 6.45) is 1.89. The number of ether oxygens (including phenoxy) is 1. The van der Waals surface area contributed by atoms with Gasteiger partial charge in [0.2, 0.25) is 11.9 Å². The Labute approximate surface area is 158 Å². The normalized spacial score (nSPS) is 24.9. The molecule has 1 aromatic rings. The first-order valence-electron chi connectivity index (χ1n) is 9.33. The number of imide groups is 1. The van der Waals surface area contributed by atoms with Gasteiger partial charge in [-0.3, -0.25) is 14.6 Å². The molecule has 4 heterocycles. The number of urea groups is 1. The van der Waals surface area contributed by atoms with Crippen LogP contribution < -0.4 is 15.1 Å². The maximum absolute atomic E-state index is 11.9. The molecule has 10 nitrogen and oxygen atoms in total. The summed E-state index contributed by atoms with van der Waals surface area (Å²) in [7, 11) is 1.51. The maximum Gasteiger partial charge on any atom is 0.325 e. The quantitative estimate of drug-likeness (QED) is 0.744. The van der Waals surface area contributed by atoms with Gasteiger partial charge in [-0.1, -0.05) is 0 Å². The first-order valence-corrected chi connectivity index (χ1v) is 9.33. The molecule has 4 rings (SSSR count). The molecule has 0 spiro atoms. The summed E-state index contributed by atoms with van der Waals surface area (Å²) >= 11 is 0. The molecular weight excluding hydrogens is 350 g/mol. The number of aromatic nitrogens is 2. The number of rotatable bonds is 3. The molecule has 10 heteroatoms. The Kier molecular flexibility index (Phi) is 5.08. The summed E-state index contributed by atoms with van der Waals surface area (Å²) in [6, 6.07) is 1.60. The fourth-order valence-electron chi connectivity index (χ4n) is 3.62. The number of morpholine rings is 1. The number of carbonyl (C=O) groups excluding carboxylic acids is 2. The lowest BCUT2D eigenvalue weighted by molar-refractivity contribution is -0.130. The van der Waals surface area contributed by atoms with Crippen molar-refractivity contribution in [2.75, 3.05) is 69.3 Å². The van der Waals surface area contributed by atoms with E-state index >= 15 is 0 Å². The molecule has 27 heavy (non-hydrogen) atoms. The highest BCUT2D eigenvalue weighted by molar-refractivity contribution is 5.96. The number of hydrogen-bond acceptors (Lipinski definition) is 8. The maximum atomic E-state index is 11.9. The molecule has 0 bridgehead atoms. The lowest BCUT2D eigenvalue weighted by Crippen LogP contribution is -2.62. The minimum atomic E-state index is -0.329. The fraction of sp³-hybridized carbons (Fsp3) is 0.647. The van der Waals surface area contributed by atoms with E-state index in [0.29, 0.717) is 19.6 Å². The molecule has 1 aromatic heterocycles. The Morgan fingerprint density at radius 1 is 1.07 bits per heavy atom. The molecular formula is C17H25N7O3. The third-order valence-corrected chi connectivity index (χ3v) is 5.34. The van der Waals surface area contributed by atoms with Gasteiger partial charge < -0.3 is 19.9 Å². The van der Waals surface area contributed by atoms with Gasteiger partial charge >= 0.3 is 6.03 Å². The van der Waals surface area contributed by atoms with Gasteiger partial charge in [0.05, 0.1) is 25.8 Å². The van der Waals surface area contributed by atoms with Crippen LogP contribution in [-0.4, -0.2) is 97.4 Å². The molecule has 1 unspecified atom stereocenters. The Hall–Kier alpha value is -2.46. The van der Waals surface area contributed by atoms with Crippen LogP contribution in [0.3, 0.4) is 0 Å². The number of amides is 3. The number of piperazine rings is 1. The van der Waals surface area contributed by atoms with Gasteiger partial charge in [0.15, 0.2) is 0 Å². The van der Waals surface area contributed by atoms with Crippen molar-refractivity contribution in [3.8, 4) is 0 Å². The van der Waals surface area contributed by atoms with Crippen LogP contribution >= 0.6 is 0 Å². The van der Waals surface area contributed by atoms with Crippen LogP contribution in [0.25, 0.3) is 0 Å². The van der Waals surface area contributed by atoms with Gasteiger partial charge in [0, 0.05) is 52.5 Å². The molecule has 3 aliphatic rings. The van der Waals surface area contributed by atoms with Crippen molar-refractivity contribution >= 4 is 23.7 Å². The number of nitrogens with zero attached hydrogens (tertiary/aromatic N) is 6. The fourth-order valence-corrected chi connectivity index (χ4v) is 3.62. The highest BCUT2D eigenvalue weighted by Crippen LogP contribution is 2.19. The van der Waals surface area contributed by atoms with Gasteiger partial charge in [-0.15, -0.1) is 0 Å². The van der Waals surface area contributed by atoms with E-state index < -0.39 is 0 Å². The predicted molar refractivity (Wildman–Crippen MR) is 98.6 cm³/mol. The van der Waals surface area contributed by atoms with Crippen LogP contribution in [0.15, 0.2) is 12.3 Å². The third kappa shape index (κ3) is 3.81. The standard InChI is InChI=1S/C17H25N7O3/c1-21-15(25)12-14(20-17(21)26)23-6-4-22(5-7-23)13-2-3-18-16(19-13)24-8-10-27-11-9-24/h2-3,14H,4-12H2,1H3,(H,20,26). The summed E-state index contributed by atoms with van der Waals surface area (Å²) in [5, 5.41) is 2.90. The predicted octanol–water partition coefficient (Wildman–Crippen LogP) is -0.667.